The van der Waals surface area contributed by atoms with Gasteiger partial charge in [0, 0.05) is 5.69 Å². The van der Waals surface area contributed by atoms with Crippen LogP contribution in [0.1, 0.15) is 37.7 Å². The topological polar surface area (TPSA) is 80.4 Å². The van der Waals surface area contributed by atoms with Gasteiger partial charge in [-0.05, 0) is 44.0 Å². The molecule has 0 spiro atoms. The molecule has 6 nitrogen and oxygen atoms in total. The largest absolute Gasteiger partial charge is 0.495 e. The highest BCUT2D eigenvalue weighted by Crippen LogP contribution is 2.27. The molecule has 0 aliphatic heterocycles. The number of esters is 1. The summed E-state index contributed by atoms with van der Waals surface area (Å²) in [5.41, 5.74) is 3.45. The standard InChI is InChI=1S/C17H20N2O4/c1-9-6-7-12(13(8-9)22-4)19-16(20)15-10(2)14(11(3)18-15)17(21)23-5/h6-8,18H,1-5H3,(H,19,20). The Bertz CT molecular complexity index is 762. The molecular weight excluding hydrogens is 296 g/mol. The van der Waals surface area contributed by atoms with Crippen LogP contribution >= 0.6 is 0 Å². The predicted octanol–water partition coefficient (Wildman–Crippen LogP) is 2.99. The number of aromatic amines is 1. The Morgan fingerprint density at radius 1 is 1.13 bits per heavy atom. The minimum absolute atomic E-state index is 0.325. The summed E-state index contributed by atoms with van der Waals surface area (Å²) in [5.74, 6) is -0.237. The highest BCUT2D eigenvalue weighted by atomic mass is 16.5. The molecule has 0 aliphatic rings. The molecular formula is C17H20N2O4. The average Bonchev–Trinajstić information content (AvgIpc) is 2.83. The van der Waals surface area contributed by atoms with Crippen LogP contribution in [0.4, 0.5) is 5.69 Å². The highest BCUT2D eigenvalue weighted by Gasteiger charge is 2.23. The third kappa shape index (κ3) is 3.21. The fraction of sp³-hybridized carbons (Fsp3) is 0.294. The summed E-state index contributed by atoms with van der Waals surface area (Å²) in [6, 6.07) is 5.49. The first-order valence-electron chi connectivity index (χ1n) is 7.12. The van der Waals surface area contributed by atoms with E-state index in [9.17, 15) is 9.59 Å². The first kappa shape index (κ1) is 16.6. The van der Waals surface area contributed by atoms with Gasteiger partial charge in [0.1, 0.15) is 11.4 Å². The number of rotatable bonds is 4. The second-order valence-electron chi connectivity index (χ2n) is 5.27. The predicted molar refractivity (Wildman–Crippen MR) is 87.3 cm³/mol. The van der Waals surface area contributed by atoms with Crippen molar-refractivity contribution in [2.24, 2.45) is 0 Å². The van der Waals surface area contributed by atoms with E-state index in [4.69, 9.17) is 9.47 Å². The second-order valence-corrected chi connectivity index (χ2v) is 5.27. The quantitative estimate of drug-likeness (QED) is 0.850. The smallest absolute Gasteiger partial charge is 0.339 e. The number of carbonyl (C=O) groups is 2. The van der Waals surface area contributed by atoms with E-state index >= 15 is 0 Å². The van der Waals surface area contributed by atoms with Crippen molar-refractivity contribution in [1.82, 2.24) is 4.98 Å². The summed E-state index contributed by atoms with van der Waals surface area (Å²) in [4.78, 5) is 27.3. The second kappa shape index (κ2) is 6.56. The Morgan fingerprint density at radius 2 is 1.83 bits per heavy atom. The van der Waals surface area contributed by atoms with Crippen molar-refractivity contribution in [3.05, 3.63) is 46.3 Å². The van der Waals surface area contributed by atoms with Crippen LogP contribution in [0.3, 0.4) is 0 Å². The maximum Gasteiger partial charge on any atom is 0.339 e. The molecule has 0 saturated heterocycles. The first-order valence-corrected chi connectivity index (χ1v) is 7.12. The summed E-state index contributed by atoms with van der Waals surface area (Å²) < 4.78 is 10.0. The molecule has 0 atom stereocenters. The molecule has 0 radical (unpaired) electrons. The molecule has 1 amide bonds. The van der Waals surface area contributed by atoms with Gasteiger partial charge < -0.3 is 19.8 Å². The maximum absolute atomic E-state index is 12.5. The summed E-state index contributed by atoms with van der Waals surface area (Å²) >= 11 is 0. The molecule has 1 heterocycles. The number of H-pyrrole nitrogens is 1. The molecule has 122 valence electrons. The number of benzene rings is 1. The number of hydrogen-bond acceptors (Lipinski definition) is 4. The maximum atomic E-state index is 12.5. The van der Waals surface area contributed by atoms with Gasteiger partial charge >= 0.3 is 5.97 Å². The SMILES string of the molecule is COC(=O)c1c(C)[nH]c(C(=O)Nc2ccc(C)cc2OC)c1C. The van der Waals surface area contributed by atoms with Gasteiger partial charge in [-0.3, -0.25) is 4.79 Å². The molecule has 2 N–H and O–H groups in total. The monoisotopic (exact) mass is 316 g/mol. The zero-order valence-electron chi connectivity index (χ0n) is 13.9. The molecule has 0 bridgehead atoms. The fourth-order valence-corrected chi connectivity index (χ4v) is 2.47. The van der Waals surface area contributed by atoms with E-state index in [0.717, 1.165) is 5.56 Å². The van der Waals surface area contributed by atoms with Crippen LogP contribution in [0.2, 0.25) is 0 Å². The van der Waals surface area contributed by atoms with Crippen LogP contribution in [0.25, 0.3) is 0 Å². The minimum Gasteiger partial charge on any atom is -0.495 e. The van der Waals surface area contributed by atoms with Gasteiger partial charge in [0.05, 0.1) is 25.5 Å². The number of methoxy groups -OCH3 is 2. The lowest BCUT2D eigenvalue weighted by atomic mass is 10.1. The van der Waals surface area contributed by atoms with E-state index in [2.05, 4.69) is 10.3 Å². The number of hydrogen-bond donors (Lipinski definition) is 2. The van der Waals surface area contributed by atoms with Crippen molar-refractivity contribution in [2.45, 2.75) is 20.8 Å². The summed E-state index contributed by atoms with van der Waals surface area (Å²) in [5, 5.41) is 2.80. The fourth-order valence-electron chi connectivity index (χ4n) is 2.47. The van der Waals surface area contributed by atoms with E-state index in [1.165, 1.54) is 7.11 Å². The molecule has 1 aromatic carbocycles. The number of amides is 1. The molecule has 0 saturated carbocycles. The van der Waals surface area contributed by atoms with E-state index in [1.807, 2.05) is 19.1 Å². The Kier molecular flexibility index (Phi) is 4.74. The number of ether oxygens (including phenoxy) is 2. The first-order chi connectivity index (χ1) is 10.9. The van der Waals surface area contributed by atoms with Crippen LogP contribution in [0.15, 0.2) is 18.2 Å². The Morgan fingerprint density at radius 3 is 2.43 bits per heavy atom. The minimum atomic E-state index is -0.469. The van der Waals surface area contributed by atoms with Crippen molar-refractivity contribution in [3.63, 3.8) is 0 Å². The van der Waals surface area contributed by atoms with Crippen molar-refractivity contribution in [2.75, 3.05) is 19.5 Å². The average molecular weight is 316 g/mol. The van der Waals surface area contributed by atoms with E-state index in [0.29, 0.717) is 34.0 Å². The normalized spacial score (nSPS) is 10.3. The van der Waals surface area contributed by atoms with E-state index in [-0.39, 0.29) is 5.91 Å². The van der Waals surface area contributed by atoms with Crippen LogP contribution in [0, 0.1) is 20.8 Å². The summed E-state index contributed by atoms with van der Waals surface area (Å²) in [7, 11) is 2.86. The van der Waals surface area contributed by atoms with Crippen molar-refractivity contribution < 1.29 is 19.1 Å². The van der Waals surface area contributed by atoms with Crippen LogP contribution in [-0.2, 0) is 4.74 Å². The molecule has 2 rings (SSSR count). The number of nitrogens with one attached hydrogen (secondary N) is 2. The third-order valence-corrected chi connectivity index (χ3v) is 3.66. The van der Waals surface area contributed by atoms with Gasteiger partial charge in [-0.15, -0.1) is 0 Å². The van der Waals surface area contributed by atoms with E-state index < -0.39 is 5.97 Å². The number of anilines is 1. The Hall–Kier alpha value is -2.76. The summed E-state index contributed by atoms with van der Waals surface area (Å²) in [6.07, 6.45) is 0. The molecule has 2 aromatic rings. The Balaban J connectivity index is 2.34. The molecule has 1 aromatic heterocycles. The van der Waals surface area contributed by atoms with Crippen molar-refractivity contribution in [3.8, 4) is 5.75 Å². The summed E-state index contributed by atoms with van der Waals surface area (Å²) in [6.45, 7) is 5.37. The number of aryl methyl sites for hydroxylation is 2. The molecule has 0 fully saturated rings. The number of aromatic nitrogens is 1. The van der Waals surface area contributed by atoms with Crippen LogP contribution < -0.4 is 10.1 Å². The lowest BCUT2D eigenvalue weighted by Crippen LogP contribution is -2.14. The van der Waals surface area contributed by atoms with Crippen molar-refractivity contribution >= 4 is 17.6 Å². The highest BCUT2D eigenvalue weighted by molar-refractivity contribution is 6.07. The van der Waals surface area contributed by atoms with Gasteiger partial charge in [0.25, 0.3) is 5.91 Å². The molecule has 23 heavy (non-hydrogen) atoms. The van der Waals surface area contributed by atoms with Gasteiger partial charge in [-0.1, -0.05) is 6.07 Å². The zero-order valence-corrected chi connectivity index (χ0v) is 13.9. The lowest BCUT2D eigenvalue weighted by molar-refractivity contribution is 0.0599. The molecule has 6 heteroatoms. The molecule has 0 unspecified atom stereocenters. The van der Waals surface area contributed by atoms with Gasteiger partial charge in [-0.25, -0.2) is 4.79 Å². The van der Waals surface area contributed by atoms with Gasteiger partial charge in [0.2, 0.25) is 0 Å². The third-order valence-electron chi connectivity index (χ3n) is 3.66. The Labute approximate surface area is 134 Å². The molecule has 0 aliphatic carbocycles. The van der Waals surface area contributed by atoms with Crippen LogP contribution in [-0.4, -0.2) is 31.1 Å². The van der Waals surface area contributed by atoms with E-state index in [1.54, 1.807) is 27.0 Å². The lowest BCUT2D eigenvalue weighted by Gasteiger charge is -2.10. The van der Waals surface area contributed by atoms with Gasteiger partial charge in [-0.2, -0.15) is 0 Å². The van der Waals surface area contributed by atoms with Crippen molar-refractivity contribution in [1.29, 1.82) is 0 Å². The van der Waals surface area contributed by atoms with Gasteiger partial charge in [0.15, 0.2) is 0 Å². The van der Waals surface area contributed by atoms with Crippen LogP contribution in [0.5, 0.6) is 5.75 Å². The zero-order chi connectivity index (χ0) is 17.1. The number of carbonyl (C=O) groups excluding carboxylic acids is 2.